The molecule has 0 unspecified atom stereocenters. The van der Waals surface area contributed by atoms with Gasteiger partial charge >= 0.3 is 11.9 Å². The number of carbonyl (C=O) groups is 2. The Balaban J connectivity index is 0.00000114. The highest BCUT2D eigenvalue weighted by molar-refractivity contribution is 5.72. The van der Waals surface area contributed by atoms with Crippen LogP contribution < -0.4 is 0 Å². The van der Waals surface area contributed by atoms with Crippen molar-refractivity contribution in [2.45, 2.75) is 91.5 Å². The lowest BCUT2D eigenvalue weighted by atomic mass is 9.65. The van der Waals surface area contributed by atoms with Crippen LogP contribution in [0.4, 0.5) is 0 Å². The number of ether oxygens (including phenoxy) is 2. The summed E-state index contributed by atoms with van der Waals surface area (Å²) in [4.78, 5) is 24.2. The molecule has 0 spiro atoms. The molecular formula is C26H42NO5-. The van der Waals surface area contributed by atoms with Gasteiger partial charge in [0.15, 0.2) is 0 Å². The Labute approximate surface area is 193 Å². The third kappa shape index (κ3) is 7.17. The lowest BCUT2D eigenvalue weighted by molar-refractivity contribution is -0.162. The summed E-state index contributed by atoms with van der Waals surface area (Å²) in [5, 5.41) is 9.89. The lowest BCUT2D eigenvalue weighted by Crippen LogP contribution is -2.42. The Morgan fingerprint density at radius 2 is 1.97 bits per heavy atom. The van der Waals surface area contributed by atoms with Gasteiger partial charge in [0.25, 0.3) is 0 Å². The summed E-state index contributed by atoms with van der Waals surface area (Å²) in [7, 11) is 0. The van der Waals surface area contributed by atoms with Gasteiger partial charge in [-0.05, 0) is 49.0 Å². The van der Waals surface area contributed by atoms with Crippen molar-refractivity contribution in [1.82, 2.24) is 0 Å². The van der Waals surface area contributed by atoms with Crippen molar-refractivity contribution in [2.75, 3.05) is 6.54 Å². The maximum absolute atomic E-state index is 12.5. The number of carbonyl (C=O) groups excluding carboxylic acids is 2. The normalized spacial score (nSPS) is 34.9. The van der Waals surface area contributed by atoms with E-state index in [0.717, 1.165) is 25.7 Å². The van der Waals surface area contributed by atoms with Crippen molar-refractivity contribution in [1.29, 1.82) is 0 Å². The molecule has 0 saturated carbocycles. The van der Waals surface area contributed by atoms with Crippen LogP contribution >= 0.6 is 0 Å². The van der Waals surface area contributed by atoms with Crippen molar-refractivity contribution < 1.29 is 24.2 Å². The van der Waals surface area contributed by atoms with Crippen LogP contribution in [0.3, 0.4) is 0 Å². The van der Waals surface area contributed by atoms with Crippen LogP contribution in [0, 0.1) is 29.6 Å². The third-order valence-electron chi connectivity index (χ3n) is 6.93. The van der Waals surface area contributed by atoms with Gasteiger partial charge in [0, 0.05) is 12.3 Å². The molecule has 0 aromatic rings. The van der Waals surface area contributed by atoms with E-state index in [2.05, 4.69) is 32.1 Å². The number of nitrogens with one attached hydrogen (secondary N) is 1. The van der Waals surface area contributed by atoms with E-state index in [1.807, 2.05) is 13.8 Å². The monoisotopic (exact) mass is 448 g/mol. The van der Waals surface area contributed by atoms with Gasteiger partial charge in [-0.3, -0.25) is 9.59 Å². The van der Waals surface area contributed by atoms with E-state index in [9.17, 15) is 14.7 Å². The molecule has 2 N–H and O–H groups in total. The zero-order valence-electron chi connectivity index (χ0n) is 20.4. The van der Waals surface area contributed by atoms with Gasteiger partial charge in [0.05, 0.1) is 18.4 Å². The molecule has 1 heterocycles. The average Bonchev–Trinajstić information content (AvgIpc) is 2.72. The first-order valence-corrected chi connectivity index (χ1v) is 12.3. The first-order valence-electron chi connectivity index (χ1n) is 12.3. The second-order valence-corrected chi connectivity index (χ2v) is 9.71. The van der Waals surface area contributed by atoms with Gasteiger partial charge in [0.1, 0.15) is 12.2 Å². The zero-order chi connectivity index (χ0) is 23.8. The Morgan fingerprint density at radius 1 is 1.28 bits per heavy atom. The summed E-state index contributed by atoms with van der Waals surface area (Å²) in [6.07, 6.45) is 9.70. The minimum Gasteiger partial charge on any atom is -0.678 e. The predicted octanol–water partition coefficient (Wildman–Crippen LogP) is 5.25. The number of aliphatic hydroxyl groups excluding tert-OH is 1. The summed E-state index contributed by atoms with van der Waals surface area (Å²) in [5.74, 6) is 0.755. The number of rotatable bonds is 6. The number of allylic oxidation sites excluding steroid dienone is 3. The van der Waals surface area contributed by atoms with Gasteiger partial charge in [-0.2, -0.15) is 6.54 Å². The molecule has 2 aliphatic carbocycles. The molecule has 1 aliphatic heterocycles. The van der Waals surface area contributed by atoms with Gasteiger partial charge in [-0.25, -0.2) is 0 Å². The first kappa shape index (κ1) is 26.6. The fourth-order valence-electron chi connectivity index (χ4n) is 5.07. The highest BCUT2D eigenvalue weighted by Crippen LogP contribution is 2.45. The van der Waals surface area contributed by atoms with Crippen molar-refractivity contribution in [3.05, 3.63) is 29.5 Å². The quantitative estimate of drug-likeness (QED) is 0.560. The van der Waals surface area contributed by atoms with E-state index in [1.54, 1.807) is 6.92 Å². The van der Waals surface area contributed by atoms with E-state index in [1.165, 1.54) is 5.57 Å². The van der Waals surface area contributed by atoms with Crippen molar-refractivity contribution >= 4 is 11.9 Å². The molecule has 8 atom stereocenters. The van der Waals surface area contributed by atoms with Gasteiger partial charge in [-0.15, -0.1) is 0 Å². The molecule has 6 heteroatoms. The molecule has 0 aromatic carbocycles. The van der Waals surface area contributed by atoms with Gasteiger partial charge in [0.2, 0.25) is 0 Å². The summed E-state index contributed by atoms with van der Waals surface area (Å²) in [6.45, 7) is 10.6. The first-order chi connectivity index (χ1) is 15.2. The number of fused-ring (bicyclic) bond motifs is 1. The highest BCUT2D eigenvalue weighted by Gasteiger charge is 2.42. The standard InChI is InChI=1S/C24H36O5.C2H6N/c1-5-15(3)24(27)29-21-11-14(2)10-17-7-6-16(4)20(23(17)21)9-8-19-12-18(25)13-22(26)28-19;1-2-3/h6-7,10,14-16,18-21,23,25H,5,8-9,11-13H2,1-4H3;3H,2H2,1H3/q;-1/t14-,15-,16-,18+,19+,20-,21-,23-;/m0./s1. The molecule has 0 radical (unpaired) electrons. The second-order valence-electron chi connectivity index (χ2n) is 9.71. The zero-order valence-corrected chi connectivity index (χ0v) is 20.4. The Bertz CT molecular complexity index is 688. The van der Waals surface area contributed by atoms with E-state index in [0.29, 0.717) is 30.7 Å². The summed E-state index contributed by atoms with van der Waals surface area (Å²) in [6, 6.07) is 0. The molecule has 0 aromatic heterocycles. The van der Waals surface area contributed by atoms with Crippen LogP contribution in [0.1, 0.15) is 73.1 Å². The fraction of sp³-hybridized carbons (Fsp3) is 0.769. The number of cyclic esters (lactones) is 1. The summed E-state index contributed by atoms with van der Waals surface area (Å²) >= 11 is 0. The van der Waals surface area contributed by atoms with Crippen LogP contribution in [0.15, 0.2) is 23.8 Å². The second kappa shape index (κ2) is 12.5. The maximum Gasteiger partial charge on any atom is 0.308 e. The van der Waals surface area contributed by atoms with E-state index in [4.69, 9.17) is 15.2 Å². The van der Waals surface area contributed by atoms with Crippen LogP contribution in [0.25, 0.3) is 5.73 Å². The van der Waals surface area contributed by atoms with Crippen LogP contribution in [0.2, 0.25) is 0 Å². The third-order valence-corrected chi connectivity index (χ3v) is 6.93. The smallest absolute Gasteiger partial charge is 0.308 e. The molecule has 3 rings (SSSR count). The van der Waals surface area contributed by atoms with Gasteiger partial charge < -0.3 is 20.3 Å². The Hall–Kier alpha value is -1.66. The number of aliphatic hydroxyl groups is 1. The van der Waals surface area contributed by atoms with E-state index in [-0.39, 0.29) is 42.4 Å². The molecule has 0 bridgehead atoms. The Kier molecular flexibility index (Phi) is 10.4. The molecule has 182 valence electrons. The molecule has 6 nitrogen and oxygen atoms in total. The molecule has 1 saturated heterocycles. The highest BCUT2D eigenvalue weighted by atomic mass is 16.5. The molecule has 0 amide bonds. The largest absolute Gasteiger partial charge is 0.678 e. The minimum absolute atomic E-state index is 0.0854. The molecule has 1 fully saturated rings. The van der Waals surface area contributed by atoms with Crippen molar-refractivity contribution in [2.24, 2.45) is 29.6 Å². The van der Waals surface area contributed by atoms with Crippen LogP contribution in [-0.4, -0.2) is 41.9 Å². The SMILES string of the molecule is CC[C@H](C)C(=O)O[C@H]1C[C@@H](C)C=C2C=C[C@H](C)[C@H](CC[C@@H]3C[C@@H](O)CC(=O)O3)[C@H]21.CC[NH-]. The maximum atomic E-state index is 12.5. The number of esters is 2. The fourth-order valence-corrected chi connectivity index (χ4v) is 5.07. The van der Waals surface area contributed by atoms with E-state index < -0.39 is 6.10 Å². The average molecular weight is 449 g/mol. The molecule has 32 heavy (non-hydrogen) atoms. The summed E-state index contributed by atoms with van der Waals surface area (Å²) in [5.41, 5.74) is 7.48. The minimum atomic E-state index is -0.597. The number of hydrogen-bond acceptors (Lipinski definition) is 5. The van der Waals surface area contributed by atoms with Crippen LogP contribution in [0.5, 0.6) is 0 Å². The van der Waals surface area contributed by atoms with Crippen molar-refractivity contribution in [3.8, 4) is 0 Å². The van der Waals surface area contributed by atoms with Crippen LogP contribution in [-0.2, 0) is 19.1 Å². The molecule has 3 aliphatic rings. The summed E-state index contributed by atoms with van der Waals surface area (Å²) < 4.78 is 11.5. The van der Waals surface area contributed by atoms with Crippen molar-refractivity contribution in [3.63, 3.8) is 0 Å². The van der Waals surface area contributed by atoms with E-state index >= 15 is 0 Å². The Morgan fingerprint density at radius 3 is 2.59 bits per heavy atom. The topological polar surface area (TPSA) is 96.6 Å². The predicted molar refractivity (Wildman–Crippen MR) is 126 cm³/mol. The lowest BCUT2D eigenvalue weighted by Gasteiger charge is -2.43. The van der Waals surface area contributed by atoms with Gasteiger partial charge in [-0.1, -0.05) is 52.8 Å². The molecular weight excluding hydrogens is 406 g/mol. The number of hydrogen-bond donors (Lipinski definition) is 1.